The van der Waals surface area contributed by atoms with Gasteiger partial charge in [-0.15, -0.1) is 10.2 Å². The van der Waals surface area contributed by atoms with Crippen molar-refractivity contribution in [3.8, 4) is 5.75 Å². The Bertz CT molecular complexity index is 1000. The number of rotatable bonds is 5. The molecule has 9 heteroatoms. The number of hydrogen-bond donors (Lipinski definition) is 4. The largest absolute Gasteiger partial charge is 0.490 e. The molecule has 9 nitrogen and oxygen atoms in total. The third kappa shape index (κ3) is 3.83. The molecule has 0 aliphatic carbocycles. The Morgan fingerprint density at radius 1 is 1.25 bits per heavy atom. The summed E-state index contributed by atoms with van der Waals surface area (Å²) in [4.78, 5) is 12.4. The molecule has 1 aromatic heterocycles. The van der Waals surface area contributed by atoms with E-state index in [0.29, 0.717) is 29.1 Å². The topological polar surface area (TPSA) is 143 Å². The Morgan fingerprint density at radius 2 is 2.04 bits per heavy atom. The van der Waals surface area contributed by atoms with E-state index in [1.807, 2.05) is 18.2 Å². The molecule has 2 heterocycles. The fraction of sp³-hybridized carbons (Fsp3) is 0.211. The number of nitrogens with two attached hydrogens (primary N) is 1. The number of anilines is 1. The highest BCUT2D eigenvalue weighted by atomic mass is 16.5. The number of nitrogens with zero attached hydrogens (tertiary/aromatic N) is 3. The zero-order chi connectivity index (χ0) is 19.5. The van der Waals surface area contributed by atoms with Crippen LogP contribution in [0.1, 0.15) is 33.7 Å². The molecule has 1 atom stereocenters. The van der Waals surface area contributed by atoms with Crippen LogP contribution < -0.4 is 15.8 Å². The summed E-state index contributed by atoms with van der Waals surface area (Å²) in [5, 5.41) is 24.2. The highest BCUT2D eigenvalue weighted by molar-refractivity contribution is 6.05. The average molecular weight is 377 g/mol. The van der Waals surface area contributed by atoms with Crippen molar-refractivity contribution in [2.45, 2.75) is 25.4 Å². The molecule has 3 aromatic rings. The molecule has 5 N–H and O–H groups in total. The number of tetrazole rings is 1. The van der Waals surface area contributed by atoms with E-state index in [0.717, 1.165) is 24.2 Å². The van der Waals surface area contributed by atoms with Crippen LogP contribution in [0.25, 0.3) is 0 Å². The molecule has 2 aromatic carbocycles. The molecule has 0 saturated heterocycles. The number of carbonyl (C=O) groups excluding carboxylic acids is 1. The van der Waals surface area contributed by atoms with Crippen molar-refractivity contribution in [3.63, 3.8) is 0 Å². The number of amides is 1. The maximum absolute atomic E-state index is 12.4. The fourth-order valence-electron chi connectivity index (χ4n) is 3.14. The van der Waals surface area contributed by atoms with Gasteiger partial charge in [0.05, 0.1) is 0 Å². The van der Waals surface area contributed by atoms with Gasteiger partial charge in [-0.05, 0) is 48.7 Å². The van der Waals surface area contributed by atoms with E-state index in [1.54, 1.807) is 24.3 Å². The molecule has 0 fully saturated rings. The van der Waals surface area contributed by atoms with Crippen molar-refractivity contribution >= 4 is 17.4 Å². The first-order chi connectivity index (χ1) is 13.6. The molecule has 142 valence electrons. The second-order valence-corrected chi connectivity index (χ2v) is 6.58. The van der Waals surface area contributed by atoms with Crippen molar-refractivity contribution in [2.24, 2.45) is 5.73 Å². The predicted molar refractivity (Wildman–Crippen MR) is 102 cm³/mol. The van der Waals surface area contributed by atoms with Crippen LogP contribution in [0.15, 0.2) is 42.5 Å². The van der Waals surface area contributed by atoms with E-state index in [1.165, 1.54) is 0 Å². The number of aryl methyl sites for hydroxylation is 1. The van der Waals surface area contributed by atoms with Gasteiger partial charge in [0.15, 0.2) is 5.82 Å². The lowest BCUT2D eigenvalue weighted by atomic mass is 9.99. The lowest BCUT2D eigenvalue weighted by Gasteiger charge is -2.25. The number of fused-ring (bicyclic) bond motifs is 1. The van der Waals surface area contributed by atoms with Gasteiger partial charge in [0.1, 0.15) is 17.7 Å². The zero-order valence-corrected chi connectivity index (χ0v) is 15.0. The van der Waals surface area contributed by atoms with Crippen molar-refractivity contribution < 1.29 is 9.53 Å². The summed E-state index contributed by atoms with van der Waals surface area (Å²) >= 11 is 0. The van der Waals surface area contributed by atoms with Gasteiger partial charge < -0.3 is 15.8 Å². The summed E-state index contributed by atoms with van der Waals surface area (Å²) < 4.78 is 6.02. The molecule has 1 amide bonds. The van der Waals surface area contributed by atoms with Gasteiger partial charge in [-0.2, -0.15) is 5.21 Å². The number of H-pyrrole nitrogens is 1. The fourth-order valence-corrected chi connectivity index (χ4v) is 3.14. The molecule has 0 saturated carbocycles. The maximum atomic E-state index is 12.4. The molecule has 4 rings (SSSR count). The number of hydrogen-bond acceptors (Lipinski definition) is 6. The second-order valence-electron chi connectivity index (χ2n) is 6.58. The number of carbonyl (C=O) groups is 1. The average Bonchev–Trinajstić information content (AvgIpc) is 3.21. The summed E-state index contributed by atoms with van der Waals surface area (Å²) in [7, 11) is 0. The Kier molecular flexibility index (Phi) is 4.71. The lowest BCUT2D eigenvalue weighted by Crippen LogP contribution is -2.25. The number of aromatic nitrogens is 4. The van der Waals surface area contributed by atoms with Crippen LogP contribution in [-0.4, -0.2) is 38.5 Å². The molecule has 28 heavy (non-hydrogen) atoms. The van der Waals surface area contributed by atoms with E-state index in [9.17, 15) is 4.79 Å². The normalized spacial score (nSPS) is 15.4. The number of amidine groups is 1. The molecular formula is C19H19N7O2. The van der Waals surface area contributed by atoms with Crippen LogP contribution in [0.5, 0.6) is 5.75 Å². The lowest BCUT2D eigenvalue weighted by molar-refractivity contribution is 0.102. The monoisotopic (exact) mass is 377 g/mol. The van der Waals surface area contributed by atoms with E-state index in [-0.39, 0.29) is 17.8 Å². The van der Waals surface area contributed by atoms with Crippen LogP contribution in [0.2, 0.25) is 0 Å². The molecule has 1 aliphatic heterocycles. The standard InChI is InChI=1S/C19H19N7O2/c20-18(21)11-1-3-12(4-2-11)19(27)22-14-6-8-16-13(9-14)5-7-15(28-16)10-17-23-25-26-24-17/h1-4,6,8-9,15H,5,7,10H2,(H3,20,21)(H,22,27)(H,23,24,25,26). The molecule has 1 unspecified atom stereocenters. The molecule has 0 radical (unpaired) electrons. The Balaban J connectivity index is 1.41. The van der Waals surface area contributed by atoms with Gasteiger partial charge in [-0.25, -0.2) is 0 Å². The number of benzene rings is 2. The first kappa shape index (κ1) is 17.7. The predicted octanol–water partition coefficient (Wildman–Crippen LogP) is 1.67. The Hall–Kier alpha value is -3.75. The maximum Gasteiger partial charge on any atom is 0.255 e. The van der Waals surface area contributed by atoms with Gasteiger partial charge in [0.2, 0.25) is 0 Å². The Labute approximate surface area is 160 Å². The third-order valence-corrected chi connectivity index (χ3v) is 4.61. The molecular weight excluding hydrogens is 358 g/mol. The van der Waals surface area contributed by atoms with Crippen LogP contribution in [0.3, 0.4) is 0 Å². The van der Waals surface area contributed by atoms with Crippen molar-refractivity contribution in [2.75, 3.05) is 5.32 Å². The summed E-state index contributed by atoms with van der Waals surface area (Å²) in [6, 6.07) is 12.2. The molecule has 1 aliphatic rings. The SMILES string of the molecule is N=C(N)c1ccc(C(=O)Nc2ccc3c(c2)CCC(Cc2nn[nH]n2)O3)cc1. The van der Waals surface area contributed by atoms with E-state index in [2.05, 4.69) is 25.9 Å². The van der Waals surface area contributed by atoms with Crippen LogP contribution in [0, 0.1) is 5.41 Å². The smallest absolute Gasteiger partial charge is 0.255 e. The minimum absolute atomic E-state index is 0.00494. The third-order valence-electron chi connectivity index (χ3n) is 4.61. The number of ether oxygens (including phenoxy) is 1. The van der Waals surface area contributed by atoms with Gasteiger partial charge in [0.25, 0.3) is 5.91 Å². The second kappa shape index (κ2) is 7.47. The van der Waals surface area contributed by atoms with E-state index in [4.69, 9.17) is 15.9 Å². The minimum atomic E-state index is -0.221. The minimum Gasteiger partial charge on any atom is -0.490 e. The number of nitrogens with one attached hydrogen (secondary N) is 3. The van der Waals surface area contributed by atoms with Gasteiger partial charge in [-0.1, -0.05) is 17.3 Å². The van der Waals surface area contributed by atoms with Crippen LogP contribution in [0.4, 0.5) is 5.69 Å². The van der Waals surface area contributed by atoms with Crippen LogP contribution in [-0.2, 0) is 12.8 Å². The van der Waals surface area contributed by atoms with Gasteiger partial charge in [0, 0.05) is 23.2 Å². The summed E-state index contributed by atoms with van der Waals surface area (Å²) in [5.74, 6) is 1.19. The van der Waals surface area contributed by atoms with E-state index >= 15 is 0 Å². The zero-order valence-electron chi connectivity index (χ0n) is 15.0. The molecule has 0 bridgehead atoms. The quantitative estimate of drug-likeness (QED) is 0.393. The Morgan fingerprint density at radius 3 is 2.75 bits per heavy atom. The first-order valence-electron chi connectivity index (χ1n) is 8.86. The first-order valence-corrected chi connectivity index (χ1v) is 8.86. The van der Waals surface area contributed by atoms with E-state index < -0.39 is 0 Å². The van der Waals surface area contributed by atoms with Crippen molar-refractivity contribution in [1.82, 2.24) is 20.6 Å². The van der Waals surface area contributed by atoms with Gasteiger partial charge >= 0.3 is 0 Å². The summed E-state index contributed by atoms with van der Waals surface area (Å²) in [6.07, 6.45) is 2.29. The van der Waals surface area contributed by atoms with Crippen LogP contribution >= 0.6 is 0 Å². The van der Waals surface area contributed by atoms with Crippen molar-refractivity contribution in [1.29, 1.82) is 5.41 Å². The van der Waals surface area contributed by atoms with Crippen molar-refractivity contribution in [3.05, 3.63) is 65.0 Å². The highest BCUT2D eigenvalue weighted by Gasteiger charge is 2.22. The highest BCUT2D eigenvalue weighted by Crippen LogP contribution is 2.31. The summed E-state index contributed by atoms with van der Waals surface area (Å²) in [5.41, 5.74) is 8.27. The summed E-state index contributed by atoms with van der Waals surface area (Å²) in [6.45, 7) is 0. The molecule has 0 spiro atoms. The number of nitrogen functional groups attached to an aromatic ring is 1. The number of aromatic amines is 1. The van der Waals surface area contributed by atoms with Gasteiger partial charge in [-0.3, -0.25) is 10.2 Å².